The van der Waals surface area contributed by atoms with Gasteiger partial charge in [0.2, 0.25) is 0 Å². The van der Waals surface area contributed by atoms with Gasteiger partial charge in [-0.25, -0.2) is 9.37 Å². The number of hydrogen-bond donors (Lipinski definition) is 1. The first-order valence-corrected chi connectivity index (χ1v) is 4.27. The van der Waals surface area contributed by atoms with Crippen molar-refractivity contribution in [1.29, 1.82) is 0 Å². The van der Waals surface area contributed by atoms with Crippen LogP contribution in [-0.2, 0) is 0 Å². The monoisotopic (exact) mass is 205 g/mol. The maximum atomic E-state index is 12.9. The van der Waals surface area contributed by atoms with E-state index in [9.17, 15) is 9.18 Å². The number of nitrogen functional groups attached to an aromatic ring is 1. The van der Waals surface area contributed by atoms with Crippen LogP contribution in [0.1, 0.15) is 0 Å². The summed E-state index contributed by atoms with van der Waals surface area (Å²) in [5.74, 6) is -0.235. The predicted molar refractivity (Wildman–Crippen MR) is 54.2 cm³/mol. The number of anilines is 1. The molecule has 0 amide bonds. The molecule has 0 aromatic carbocycles. The van der Waals surface area contributed by atoms with Crippen LogP contribution in [0.25, 0.3) is 5.82 Å². The second-order valence-electron chi connectivity index (χ2n) is 2.97. The number of halogens is 1. The Labute approximate surface area is 84.8 Å². The van der Waals surface area contributed by atoms with Gasteiger partial charge in [0.1, 0.15) is 11.6 Å². The van der Waals surface area contributed by atoms with E-state index in [1.807, 2.05) is 0 Å². The van der Waals surface area contributed by atoms with E-state index in [1.54, 1.807) is 6.07 Å². The second-order valence-corrected chi connectivity index (χ2v) is 2.97. The SMILES string of the molecule is Nc1cccn(-c2cc(F)ccn2)c1=O. The van der Waals surface area contributed by atoms with Crippen molar-refractivity contribution in [1.82, 2.24) is 9.55 Å². The summed E-state index contributed by atoms with van der Waals surface area (Å²) in [6.07, 6.45) is 2.78. The average Bonchev–Trinajstić information content (AvgIpc) is 2.22. The molecule has 0 aliphatic carbocycles. The molecule has 4 nitrogen and oxygen atoms in total. The number of aromatic nitrogens is 2. The maximum Gasteiger partial charge on any atom is 0.279 e. The molecule has 0 aliphatic rings. The summed E-state index contributed by atoms with van der Waals surface area (Å²) in [6.45, 7) is 0. The number of nitrogens with two attached hydrogens (primary N) is 1. The van der Waals surface area contributed by atoms with E-state index in [0.717, 1.165) is 0 Å². The molecule has 5 heteroatoms. The number of pyridine rings is 2. The molecular formula is C10H8FN3O. The van der Waals surface area contributed by atoms with E-state index in [2.05, 4.69) is 4.98 Å². The van der Waals surface area contributed by atoms with Gasteiger partial charge in [0, 0.05) is 18.5 Å². The van der Waals surface area contributed by atoms with Crippen LogP contribution in [-0.4, -0.2) is 9.55 Å². The molecule has 0 fully saturated rings. The largest absolute Gasteiger partial charge is 0.394 e. The van der Waals surface area contributed by atoms with Gasteiger partial charge in [-0.2, -0.15) is 0 Å². The van der Waals surface area contributed by atoms with E-state index < -0.39 is 11.4 Å². The lowest BCUT2D eigenvalue weighted by molar-refractivity contribution is 0.623. The first-order valence-electron chi connectivity index (χ1n) is 4.27. The summed E-state index contributed by atoms with van der Waals surface area (Å²) in [4.78, 5) is 15.4. The summed E-state index contributed by atoms with van der Waals surface area (Å²) in [5.41, 5.74) is 5.13. The van der Waals surface area contributed by atoms with E-state index >= 15 is 0 Å². The van der Waals surface area contributed by atoms with Crippen molar-refractivity contribution in [3.05, 3.63) is 52.8 Å². The zero-order valence-electron chi connectivity index (χ0n) is 7.72. The normalized spacial score (nSPS) is 10.2. The zero-order valence-corrected chi connectivity index (χ0v) is 7.72. The van der Waals surface area contributed by atoms with Gasteiger partial charge in [-0.3, -0.25) is 9.36 Å². The molecule has 0 saturated heterocycles. The molecule has 0 aliphatic heterocycles. The first-order chi connectivity index (χ1) is 7.18. The van der Waals surface area contributed by atoms with Crippen LogP contribution in [0.3, 0.4) is 0 Å². The van der Waals surface area contributed by atoms with Crippen LogP contribution in [0.5, 0.6) is 0 Å². The van der Waals surface area contributed by atoms with Gasteiger partial charge in [0.25, 0.3) is 5.56 Å². The molecule has 0 saturated carbocycles. The molecule has 2 aromatic rings. The molecule has 0 unspecified atom stereocenters. The summed E-state index contributed by atoms with van der Waals surface area (Å²) < 4.78 is 14.1. The third kappa shape index (κ3) is 1.71. The quantitative estimate of drug-likeness (QED) is 0.754. The van der Waals surface area contributed by atoms with Gasteiger partial charge in [0.15, 0.2) is 0 Å². The minimum absolute atomic E-state index is 0.101. The number of rotatable bonds is 1. The highest BCUT2D eigenvalue weighted by Gasteiger charge is 2.03. The van der Waals surface area contributed by atoms with E-state index in [1.165, 1.54) is 35.2 Å². The Kier molecular flexibility index (Phi) is 2.21. The predicted octanol–water partition coefficient (Wildman–Crippen LogP) is 0.954. The fourth-order valence-corrected chi connectivity index (χ4v) is 1.22. The smallest absolute Gasteiger partial charge is 0.279 e. The number of nitrogens with zero attached hydrogens (tertiary/aromatic N) is 2. The Morgan fingerprint density at radius 3 is 2.93 bits per heavy atom. The average molecular weight is 205 g/mol. The highest BCUT2D eigenvalue weighted by molar-refractivity contribution is 5.37. The van der Waals surface area contributed by atoms with Crippen LogP contribution < -0.4 is 11.3 Å². The first kappa shape index (κ1) is 9.39. The Hall–Kier alpha value is -2.17. The lowest BCUT2D eigenvalue weighted by Crippen LogP contribution is -2.21. The van der Waals surface area contributed by atoms with Crippen LogP contribution in [0.15, 0.2) is 41.5 Å². The van der Waals surface area contributed by atoms with Crippen LogP contribution in [0, 0.1) is 5.82 Å². The van der Waals surface area contributed by atoms with Crippen molar-refractivity contribution < 1.29 is 4.39 Å². The molecule has 0 atom stereocenters. The molecule has 0 radical (unpaired) electrons. The van der Waals surface area contributed by atoms with Crippen molar-refractivity contribution in [2.24, 2.45) is 0 Å². The topological polar surface area (TPSA) is 60.9 Å². The lowest BCUT2D eigenvalue weighted by atomic mass is 10.4. The van der Waals surface area contributed by atoms with Crippen molar-refractivity contribution in [2.45, 2.75) is 0 Å². The molecule has 2 heterocycles. The molecule has 2 rings (SSSR count). The van der Waals surface area contributed by atoms with Gasteiger partial charge < -0.3 is 5.73 Å². The summed E-state index contributed by atoms with van der Waals surface area (Å²) in [6, 6.07) is 5.46. The van der Waals surface area contributed by atoms with Crippen molar-refractivity contribution >= 4 is 5.69 Å². The van der Waals surface area contributed by atoms with Gasteiger partial charge in [-0.05, 0) is 18.2 Å². The number of hydrogen-bond acceptors (Lipinski definition) is 3. The van der Waals surface area contributed by atoms with Crippen LogP contribution >= 0.6 is 0 Å². The summed E-state index contributed by atoms with van der Waals surface area (Å²) >= 11 is 0. The van der Waals surface area contributed by atoms with E-state index in [-0.39, 0.29) is 11.5 Å². The van der Waals surface area contributed by atoms with Gasteiger partial charge >= 0.3 is 0 Å². The molecule has 76 valence electrons. The standard InChI is InChI=1S/C10H8FN3O/c11-7-3-4-13-9(6-7)14-5-1-2-8(12)10(14)15/h1-6H,12H2. The Balaban J connectivity index is 2.65. The maximum absolute atomic E-state index is 12.9. The molecule has 0 spiro atoms. The zero-order chi connectivity index (χ0) is 10.8. The lowest BCUT2D eigenvalue weighted by Gasteiger charge is -2.04. The van der Waals surface area contributed by atoms with Crippen molar-refractivity contribution in [2.75, 3.05) is 5.73 Å². The van der Waals surface area contributed by atoms with E-state index in [0.29, 0.717) is 0 Å². The highest BCUT2D eigenvalue weighted by Crippen LogP contribution is 2.04. The minimum atomic E-state index is -0.450. The fraction of sp³-hybridized carbons (Fsp3) is 0. The minimum Gasteiger partial charge on any atom is -0.394 e. The van der Waals surface area contributed by atoms with E-state index in [4.69, 9.17) is 5.73 Å². The summed E-state index contributed by atoms with van der Waals surface area (Å²) in [7, 11) is 0. The third-order valence-corrected chi connectivity index (χ3v) is 1.93. The molecule has 2 N–H and O–H groups in total. The van der Waals surface area contributed by atoms with Gasteiger partial charge in [0.05, 0.1) is 5.69 Å². The Morgan fingerprint density at radius 2 is 2.20 bits per heavy atom. The highest BCUT2D eigenvalue weighted by atomic mass is 19.1. The van der Waals surface area contributed by atoms with Crippen LogP contribution in [0.2, 0.25) is 0 Å². The molecular weight excluding hydrogens is 197 g/mol. The second kappa shape index (κ2) is 3.53. The Bertz CT molecular complexity index is 550. The molecule has 15 heavy (non-hydrogen) atoms. The molecule has 0 bridgehead atoms. The fourth-order valence-electron chi connectivity index (χ4n) is 1.22. The van der Waals surface area contributed by atoms with Crippen LogP contribution in [0.4, 0.5) is 10.1 Å². The summed E-state index contributed by atoms with van der Waals surface area (Å²) in [5, 5.41) is 0. The Morgan fingerprint density at radius 1 is 1.40 bits per heavy atom. The third-order valence-electron chi connectivity index (χ3n) is 1.93. The molecule has 2 aromatic heterocycles. The van der Waals surface area contributed by atoms with Crippen molar-refractivity contribution in [3.8, 4) is 5.82 Å². The van der Waals surface area contributed by atoms with Gasteiger partial charge in [-0.1, -0.05) is 0 Å². The van der Waals surface area contributed by atoms with Crippen molar-refractivity contribution in [3.63, 3.8) is 0 Å². The van der Waals surface area contributed by atoms with Gasteiger partial charge in [-0.15, -0.1) is 0 Å².